The first-order valence-electron chi connectivity index (χ1n) is 11.0. The Morgan fingerprint density at radius 3 is 2.13 bits per heavy atom. The van der Waals surface area contributed by atoms with Gasteiger partial charge in [0.2, 0.25) is 0 Å². The van der Waals surface area contributed by atoms with E-state index in [9.17, 15) is 9.59 Å². The van der Waals surface area contributed by atoms with E-state index in [-0.39, 0.29) is 17.6 Å². The lowest BCUT2D eigenvalue weighted by Crippen LogP contribution is -2.24. The third-order valence-electron chi connectivity index (χ3n) is 6.58. The van der Waals surface area contributed by atoms with E-state index < -0.39 is 0 Å². The second-order valence-electron chi connectivity index (χ2n) is 8.95. The van der Waals surface area contributed by atoms with E-state index in [4.69, 9.17) is 5.73 Å². The average Bonchev–Trinajstić information content (AvgIpc) is 3.63. The predicted molar refractivity (Wildman–Crippen MR) is 118 cm³/mol. The lowest BCUT2D eigenvalue weighted by molar-refractivity contribution is 0.0826. The van der Waals surface area contributed by atoms with Gasteiger partial charge in [0, 0.05) is 32.1 Å². The second-order valence-corrected chi connectivity index (χ2v) is 8.95. The summed E-state index contributed by atoms with van der Waals surface area (Å²) < 4.78 is 0. The summed E-state index contributed by atoms with van der Waals surface area (Å²) in [7, 11) is 3.53. The van der Waals surface area contributed by atoms with Gasteiger partial charge in [0.25, 0.3) is 5.91 Å². The minimum absolute atomic E-state index is 0.0227. The standard InChI is InChI=1S/C25H31N3O2/c1-28(2)25(30)20-11-5-17(6-12-20)16-3-9-19(10-4-16)24(29)23-22(18-7-8-18)14-13-21(15-26)27-23/h5-6,11-14,16,18-19H,3-4,7-10,15,26H2,1-2H3. The molecule has 2 N–H and O–H groups in total. The molecule has 2 saturated carbocycles. The highest BCUT2D eigenvalue weighted by molar-refractivity contribution is 5.98. The molecule has 4 rings (SSSR count). The Morgan fingerprint density at radius 1 is 0.933 bits per heavy atom. The topological polar surface area (TPSA) is 76.3 Å². The van der Waals surface area contributed by atoms with Gasteiger partial charge in [-0.3, -0.25) is 9.59 Å². The SMILES string of the molecule is CN(C)C(=O)c1ccc(C2CCC(C(=O)c3nc(CN)ccc3C3CC3)CC2)cc1. The van der Waals surface area contributed by atoms with Crippen LogP contribution in [0.3, 0.4) is 0 Å². The molecule has 2 aliphatic rings. The van der Waals surface area contributed by atoms with E-state index in [1.54, 1.807) is 19.0 Å². The smallest absolute Gasteiger partial charge is 0.253 e. The van der Waals surface area contributed by atoms with Gasteiger partial charge in [-0.2, -0.15) is 0 Å². The van der Waals surface area contributed by atoms with Gasteiger partial charge >= 0.3 is 0 Å². The van der Waals surface area contributed by atoms with E-state index in [0.717, 1.165) is 49.8 Å². The van der Waals surface area contributed by atoms with E-state index in [1.807, 2.05) is 18.2 Å². The molecule has 2 aromatic rings. The molecule has 1 heterocycles. The van der Waals surface area contributed by atoms with Crippen LogP contribution in [0, 0.1) is 5.92 Å². The van der Waals surface area contributed by atoms with Gasteiger partial charge < -0.3 is 10.6 Å². The molecule has 0 spiro atoms. The molecule has 2 fully saturated rings. The maximum Gasteiger partial charge on any atom is 0.253 e. The van der Waals surface area contributed by atoms with Crippen molar-refractivity contribution in [1.82, 2.24) is 9.88 Å². The molecule has 158 valence electrons. The van der Waals surface area contributed by atoms with Crippen LogP contribution in [0.15, 0.2) is 36.4 Å². The van der Waals surface area contributed by atoms with Gasteiger partial charge in [-0.1, -0.05) is 18.2 Å². The Kier molecular flexibility index (Phi) is 6.00. The molecule has 5 nitrogen and oxygen atoms in total. The number of carbonyl (C=O) groups excluding carboxylic acids is 2. The summed E-state index contributed by atoms with van der Waals surface area (Å²) in [6.45, 7) is 0.365. The van der Waals surface area contributed by atoms with E-state index in [0.29, 0.717) is 29.6 Å². The van der Waals surface area contributed by atoms with Crippen molar-refractivity contribution in [3.63, 3.8) is 0 Å². The number of nitrogens with two attached hydrogens (primary N) is 1. The van der Waals surface area contributed by atoms with Crippen molar-refractivity contribution >= 4 is 11.7 Å². The Balaban J connectivity index is 1.42. The molecule has 0 unspecified atom stereocenters. The highest BCUT2D eigenvalue weighted by Gasteiger charge is 2.33. The largest absolute Gasteiger partial charge is 0.345 e. The number of ketones is 1. The van der Waals surface area contributed by atoms with Crippen molar-refractivity contribution in [2.75, 3.05) is 14.1 Å². The first-order valence-corrected chi connectivity index (χ1v) is 11.0. The van der Waals surface area contributed by atoms with E-state index >= 15 is 0 Å². The molecule has 0 atom stereocenters. The molecule has 30 heavy (non-hydrogen) atoms. The fraction of sp³-hybridized carbons (Fsp3) is 0.480. The van der Waals surface area contributed by atoms with E-state index in [2.05, 4.69) is 23.2 Å². The number of nitrogens with zero attached hydrogens (tertiary/aromatic N) is 2. The summed E-state index contributed by atoms with van der Waals surface area (Å²) in [4.78, 5) is 31.6. The maximum absolute atomic E-state index is 13.3. The van der Waals surface area contributed by atoms with Crippen molar-refractivity contribution in [3.05, 3.63) is 64.5 Å². The van der Waals surface area contributed by atoms with Crippen molar-refractivity contribution in [1.29, 1.82) is 0 Å². The normalized spacial score (nSPS) is 21.3. The van der Waals surface area contributed by atoms with Crippen LogP contribution in [0.25, 0.3) is 0 Å². The number of aromatic nitrogens is 1. The molecule has 1 aromatic carbocycles. The predicted octanol–water partition coefficient (Wildman–Crippen LogP) is 4.28. The first-order chi connectivity index (χ1) is 14.5. The van der Waals surface area contributed by atoms with Crippen molar-refractivity contribution in [2.45, 2.75) is 56.9 Å². The minimum atomic E-state index is 0.0227. The third kappa shape index (κ3) is 4.31. The Bertz CT molecular complexity index is 924. The van der Waals surface area contributed by atoms with Crippen molar-refractivity contribution < 1.29 is 9.59 Å². The van der Waals surface area contributed by atoms with Gasteiger partial charge in [0.05, 0.1) is 5.69 Å². The summed E-state index contributed by atoms with van der Waals surface area (Å²) in [6, 6.07) is 12.0. The number of hydrogen-bond donors (Lipinski definition) is 1. The highest BCUT2D eigenvalue weighted by Crippen LogP contribution is 2.43. The second kappa shape index (κ2) is 8.68. The number of pyridine rings is 1. The zero-order valence-electron chi connectivity index (χ0n) is 17.9. The van der Waals surface area contributed by atoms with Crippen LogP contribution in [0.5, 0.6) is 0 Å². The number of benzene rings is 1. The fourth-order valence-corrected chi connectivity index (χ4v) is 4.58. The van der Waals surface area contributed by atoms with Gasteiger partial charge in [-0.25, -0.2) is 4.98 Å². The number of Topliss-reactive ketones (excluding diaryl/α,β-unsaturated/α-hetero) is 1. The summed E-state index contributed by atoms with van der Waals surface area (Å²) >= 11 is 0. The lowest BCUT2D eigenvalue weighted by atomic mass is 9.76. The molecule has 0 aliphatic heterocycles. The third-order valence-corrected chi connectivity index (χ3v) is 6.58. The molecule has 2 aliphatic carbocycles. The summed E-state index contributed by atoms with van der Waals surface area (Å²) in [5.41, 5.74) is 10.3. The molecular formula is C25H31N3O2. The van der Waals surface area contributed by atoms with Crippen LogP contribution in [0.1, 0.15) is 88.0 Å². The number of hydrogen-bond acceptors (Lipinski definition) is 4. The van der Waals surface area contributed by atoms with E-state index in [1.165, 1.54) is 5.56 Å². The van der Waals surface area contributed by atoms with Crippen LogP contribution < -0.4 is 5.73 Å². The number of amides is 1. The summed E-state index contributed by atoms with van der Waals surface area (Å²) in [5.74, 6) is 1.23. The average molecular weight is 406 g/mol. The van der Waals surface area contributed by atoms with Crippen LogP contribution in [-0.4, -0.2) is 35.7 Å². The minimum Gasteiger partial charge on any atom is -0.345 e. The van der Waals surface area contributed by atoms with Gasteiger partial charge in [0.1, 0.15) is 5.69 Å². The van der Waals surface area contributed by atoms with Crippen LogP contribution in [0.2, 0.25) is 0 Å². The summed E-state index contributed by atoms with van der Waals surface area (Å²) in [6.07, 6.45) is 6.08. The van der Waals surface area contributed by atoms with Crippen LogP contribution in [-0.2, 0) is 6.54 Å². The Labute approximate surface area is 178 Å². The molecule has 0 radical (unpaired) electrons. The monoisotopic (exact) mass is 405 g/mol. The zero-order valence-corrected chi connectivity index (χ0v) is 17.9. The van der Waals surface area contributed by atoms with Gasteiger partial charge in [-0.15, -0.1) is 0 Å². The number of rotatable bonds is 6. The number of carbonyl (C=O) groups is 2. The van der Waals surface area contributed by atoms with Crippen molar-refractivity contribution in [3.8, 4) is 0 Å². The molecule has 1 amide bonds. The van der Waals surface area contributed by atoms with Crippen LogP contribution in [0.4, 0.5) is 0 Å². The molecule has 5 heteroatoms. The Hall–Kier alpha value is -2.53. The first kappa shape index (κ1) is 20.7. The van der Waals surface area contributed by atoms with Gasteiger partial charge in [-0.05, 0) is 79.7 Å². The molecule has 1 aromatic heterocycles. The van der Waals surface area contributed by atoms with Crippen LogP contribution >= 0.6 is 0 Å². The lowest BCUT2D eigenvalue weighted by Gasteiger charge is -2.28. The molecular weight excluding hydrogens is 374 g/mol. The van der Waals surface area contributed by atoms with Crippen molar-refractivity contribution in [2.24, 2.45) is 11.7 Å². The molecule has 0 saturated heterocycles. The quantitative estimate of drug-likeness (QED) is 0.728. The molecule has 0 bridgehead atoms. The maximum atomic E-state index is 13.3. The van der Waals surface area contributed by atoms with Gasteiger partial charge in [0.15, 0.2) is 5.78 Å². The summed E-state index contributed by atoms with van der Waals surface area (Å²) in [5, 5.41) is 0. The highest BCUT2D eigenvalue weighted by atomic mass is 16.2. The fourth-order valence-electron chi connectivity index (χ4n) is 4.58. The Morgan fingerprint density at radius 2 is 1.57 bits per heavy atom. The zero-order chi connectivity index (χ0) is 21.3.